The molecule has 1 saturated heterocycles. The van der Waals surface area contributed by atoms with E-state index in [4.69, 9.17) is 4.74 Å². The molecule has 28 heavy (non-hydrogen) atoms. The van der Waals surface area contributed by atoms with Crippen LogP contribution in [0.3, 0.4) is 0 Å². The summed E-state index contributed by atoms with van der Waals surface area (Å²) in [5.74, 6) is -0.153. The smallest absolute Gasteiger partial charge is 0.308 e. The Morgan fingerprint density at radius 3 is 2.43 bits per heavy atom. The van der Waals surface area contributed by atoms with E-state index in [9.17, 15) is 9.59 Å². The van der Waals surface area contributed by atoms with E-state index in [1.165, 1.54) is 7.11 Å². The molecule has 1 aliphatic heterocycles. The minimum atomic E-state index is -0.362. The summed E-state index contributed by atoms with van der Waals surface area (Å²) in [6, 6.07) is 17.4. The number of esters is 1. The molecule has 2 aromatic carbocycles. The number of Topliss-reactive ketones (excluding diaryl/α,β-unsaturated/α-hetero) is 1. The lowest BCUT2D eigenvalue weighted by molar-refractivity contribution is -0.147. The van der Waals surface area contributed by atoms with Gasteiger partial charge in [0.2, 0.25) is 0 Å². The first-order valence-electron chi connectivity index (χ1n) is 9.66. The van der Waals surface area contributed by atoms with Crippen molar-refractivity contribution < 1.29 is 14.3 Å². The maximum atomic E-state index is 13.6. The number of fused-ring (bicyclic) bond motifs is 1. The molecule has 4 rings (SSSR count). The number of para-hydroxylation sites is 1. The highest BCUT2D eigenvalue weighted by Gasteiger charge is 2.34. The van der Waals surface area contributed by atoms with Gasteiger partial charge in [-0.3, -0.25) is 14.5 Å². The molecule has 0 unspecified atom stereocenters. The molecular formula is C23H24N2O3. The molecule has 1 N–H and O–H groups in total. The van der Waals surface area contributed by atoms with Crippen molar-refractivity contribution in [3.8, 4) is 0 Å². The molecule has 0 bridgehead atoms. The Morgan fingerprint density at radius 1 is 1.04 bits per heavy atom. The minimum absolute atomic E-state index is 0.0825. The quantitative estimate of drug-likeness (QED) is 0.540. The predicted octanol–water partition coefficient (Wildman–Crippen LogP) is 3.98. The zero-order valence-electron chi connectivity index (χ0n) is 15.9. The number of rotatable bonds is 5. The maximum Gasteiger partial charge on any atom is 0.308 e. The van der Waals surface area contributed by atoms with Gasteiger partial charge in [-0.25, -0.2) is 0 Å². The third-order valence-electron chi connectivity index (χ3n) is 5.65. The molecule has 5 heteroatoms. The first-order valence-corrected chi connectivity index (χ1v) is 9.66. The summed E-state index contributed by atoms with van der Waals surface area (Å²) in [5, 5.41) is 0.942. The van der Waals surface area contributed by atoms with Crippen LogP contribution in [0.5, 0.6) is 0 Å². The number of benzene rings is 2. The number of hydrogen-bond acceptors (Lipinski definition) is 4. The van der Waals surface area contributed by atoms with Crippen molar-refractivity contribution in [3.63, 3.8) is 0 Å². The van der Waals surface area contributed by atoms with E-state index in [1.807, 2.05) is 60.8 Å². The standard InChI is InChI=1S/C23H24N2O3/c1-28-23(27)17-11-13-25(14-12-17)21(16-7-3-2-4-8-16)22(26)19-15-24-20-10-6-5-9-18(19)20/h2-10,15,17,21,24H,11-14H2,1H3/t21-/m0/s1. The number of hydrogen-bond donors (Lipinski definition) is 1. The summed E-state index contributed by atoms with van der Waals surface area (Å²) in [6.07, 6.45) is 3.22. The number of likely N-dealkylation sites (tertiary alicyclic amines) is 1. The third kappa shape index (κ3) is 3.45. The van der Waals surface area contributed by atoms with Crippen LogP contribution in [-0.2, 0) is 9.53 Å². The van der Waals surface area contributed by atoms with Crippen LogP contribution in [-0.4, -0.2) is 41.8 Å². The topological polar surface area (TPSA) is 62.4 Å². The Labute approximate surface area is 164 Å². The summed E-state index contributed by atoms with van der Waals surface area (Å²) in [5.41, 5.74) is 2.65. The zero-order valence-corrected chi connectivity index (χ0v) is 15.9. The SMILES string of the molecule is COC(=O)C1CCN([C@H](C(=O)c2c[nH]c3ccccc23)c2ccccc2)CC1. The van der Waals surface area contributed by atoms with E-state index in [1.54, 1.807) is 0 Å². The molecule has 0 aliphatic carbocycles. The van der Waals surface area contributed by atoms with Crippen LogP contribution < -0.4 is 0 Å². The molecule has 5 nitrogen and oxygen atoms in total. The first-order chi connectivity index (χ1) is 13.7. The van der Waals surface area contributed by atoms with Crippen LogP contribution in [0.4, 0.5) is 0 Å². The number of methoxy groups -OCH3 is 1. The summed E-state index contributed by atoms with van der Waals surface area (Å²) < 4.78 is 4.90. The number of aromatic amines is 1. The third-order valence-corrected chi connectivity index (χ3v) is 5.65. The van der Waals surface area contributed by atoms with Crippen molar-refractivity contribution in [2.75, 3.05) is 20.2 Å². The van der Waals surface area contributed by atoms with Gasteiger partial charge in [0.1, 0.15) is 0 Å². The lowest BCUT2D eigenvalue weighted by Gasteiger charge is -2.36. The minimum Gasteiger partial charge on any atom is -0.469 e. The van der Waals surface area contributed by atoms with E-state index < -0.39 is 0 Å². The van der Waals surface area contributed by atoms with Gasteiger partial charge in [0.25, 0.3) is 0 Å². The van der Waals surface area contributed by atoms with Gasteiger partial charge in [-0.15, -0.1) is 0 Å². The van der Waals surface area contributed by atoms with Gasteiger partial charge in [-0.2, -0.15) is 0 Å². The molecular weight excluding hydrogens is 352 g/mol. The Balaban J connectivity index is 1.65. The van der Waals surface area contributed by atoms with Gasteiger partial charge in [0.05, 0.1) is 19.1 Å². The van der Waals surface area contributed by atoms with Crippen LogP contribution >= 0.6 is 0 Å². The molecule has 2 heterocycles. The second kappa shape index (κ2) is 7.98. The molecule has 0 amide bonds. The fourth-order valence-electron chi connectivity index (χ4n) is 4.15. The van der Waals surface area contributed by atoms with Crippen molar-refractivity contribution >= 4 is 22.7 Å². The van der Waals surface area contributed by atoms with Gasteiger partial charge >= 0.3 is 5.97 Å². The van der Waals surface area contributed by atoms with Crippen LogP contribution in [0.1, 0.15) is 34.8 Å². The van der Waals surface area contributed by atoms with Gasteiger partial charge in [0, 0.05) is 35.8 Å². The van der Waals surface area contributed by atoms with E-state index >= 15 is 0 Å². The van der Waals surface area contributed by atoms with E-state index in [0.29, 0.717) is 31.5 Å². The first kappa shape index (κ1) is 18.4. The van der Waals surface area contributed by atoms with Crippen molar-refractivity contribution in [1.82, 2.24) is 9.88 Å². The van der Waals surface area contributed by atoms with Gasteiger partial charge in [0.15, 0.2) is 5.78 Å². The Morgan fingerprint density at radius 2 is 1.71 bits per heavy atom. The van der Waals surface area contributed by atoms with Crippen LogP contribution in [0, 0.1) is 5.92 Å². The highest BCUT2D eigenvalue weighted by Crippen LogP contribution is 2.32. The molecule has 1 aromatic heterocycles. The number of carbonyl (C=O) groups excluding carboxylic acids is 2. The number of H-pyrrole nitrogens is 1. The molecule has 3 aromatic rings. The number of carbonyl (C=O) groups is 2. The Hall–Kier alpha value is -2.92. The Bertz CT molecular complexity index is 972. The highest BCUT2D eigenvalue weighted by molar-refractivity contribution is 6.10. The second-order valence-electron chi connectivity index (χ2n) is 7.26. The van der Waals surface area contributed by atoms with Gasteiger partial charge in [-0.1, -0.05) is 48.5 Å². The number of piperidine rings is 1. The molecule has 1 aliphatic rings. The van der Waals surface area contributed by atoms with E-state index in [2.05, 4.69) is 9.88 Å². The average molecular weight is 376 g/mol. The average Bonchev–Trinajstić information content (AvgIpc) is 3.19. The van der Waals surface area contributed by atoms with Crippen molar-refractivity contribution in [3.05, 3.63) is 71.9 Å². The normalized spacial score (nSPS) is 16.8. The number of ether oxygens (including phenoxy) is 1. The highest BCUT2D eigenvalue weighted by atomic mass is 16.5. The Kier molecular flexibility index (Phi) is 5.26. The fraction of sp³-hybridized carbons (Fsp3) is 0.304. The van der Waals surface area contributed by atoms with Gasteiger partial charge < -0.3 is 9.72 Å². The number of ketones is 1. The molecule has 0 radical (unpaired) electrons. The largest absolute Gasteiger partial charge is 0.469 e. The second-order valence-corrected chi connectivity index (χ2v) is 7.26. The van der Waals surface area contributed by atoms with Crippen molar-refractivity contribution in [2.24, 2.45) is 5.92 Å². The number of nitrogens with zero attached hydrogens (tertiary/aromatic N) is 1. The molecule has 144 valence electrons. The molecule has 0 spiro atoms. The van der Waals surface area contributed by atoms with Crippen molar-refractivity contribution in [1.29, 1.82) is 0 Å². The van der Waals surface area contributed by atoms with Crippen molar-refractivity contribution in [2.45, 2.75) is 18.9 Å². The lowest BCUT2D eigenvalue weighted by atomic mass is 9.91. The van der Waals surface area contributed by atoms with Gasteiger partial charge in [-0.05, 0) is 24.5 Å². The zero-order chi connectivity index (χ0) is 19.5. The van der Waals surface area contributed by atoms with Crippen LogP contribution in [0.15, 0.2) is 60.8 Å². The summed E-state index contributed by atoms with van der Waals surface area (Å²) >= 11 is 0. The van der Waals surface area contributed by atoms with Crippen LogP contribution in [0.25, 0.3) is 10.9 Å². The van der Waals surface area contributed by atoms with Crippen LogP contribution in [0.2, 0.25) is 0 Å². The van der Waals surface area contributed by atoms with E-state index in [0.717, 1.165) is 16.5 Å². The predicted molar refractivity (Wildman–Crippen MR) is 108 cm³/mol. The molecule has 1 fully saturated rings. The molecule has 0 saturated carbocycles. The summed E-state index contributed by atoms with van der Waals surface area (Å²) in [4.78, 5) is 30.9. The lowest BCUT2D eigenvalue weighted by Crippen LogP contribution is -2.41. The van der Waals surface area contributed by atoms with E-state index in [-0.39, 0.29) is 23.7 Å². The summed E-state index contributed by atoms with van der Waals surface area (Å²) in [7, 11) is 1.43. The summed E-state index contributed by atoms with van der Waals surface area (Å²) in [6.45, 7) is 1.38. The number of nitrogens with one attached hydrogen (secondary N) is 1. The fourth-order valence-corrected chi connectivity index (χ4v) is 4.15. The maximum absolute atomic E-state index is 13.6. The number of aromatic nitrogens is 1. The molecule has 1 atom stereocenters. The monoisotopic (exact) mass is 376 g/mol.